The fourth-order valence-corrected chi connectivity index (χ4v) is 1.62. The molecule has 0 heterocycles. The van der Waals surface area contributed by atoms with Crippen LogP contribution >= 0.6 is 0 Å². The number of benzene rings is 1. The van der Waals surface area contributed by atoms with E-state index >= 15 is 0 Å². The van der Waals surface area contributed by atoms with Crippen molar-refractivity contribution in [3.63, 3.8) is 0 Å². The van der Waals surface area contributed by atoms with E-state index in [0.717, 1.165) is 6.29 Å². The molecule has 0 bridgehead atoms. The van der Waals surface area contributed by atoms with Gasteiger partial charge in [-0.1, -0.05) is 24.3 Å². The van der Waals surface area contributed by atoms with Gasteiger partial charge in [0.1, 0.15) is 6.29 Å². The van der Waals surface area contributed by atoms with E-state index in [1.165, 1.54) is 12.1 Å². The van der Waals surface area contributed by atoms with Crippen molar-refractivity contribution in [1.29, 1.82) is 0 Å². The molecule has 0 saturated carbocycles. The van der Waals surface area contributed by atoms with Crippen LogP contribution in [0.4, 0.5) is 0 Å². The fourth-order valence-electron chi connectivity index (χ4n) is 1.05. The summed E-state index contributed by atoms with van der Waals surface area (Å²) in [5.41, 5.74) is 0.698. The molecule has 0 radical (unpaired) electrons. The summed E-state index contributed by atoms with van der Waals surface area (Å²) in [6, 6.07) is 6.21. The summed E-state index contributed by atoms with van der Waals surface area (Å²) >= 11 is 0. The van der Waals surface area contributed by atoms with Gasteiger partial charge in [0.25, 0.3) is 0 Å². The van der Waals surface area contributed by atoms with Gasteiger partial charge in [-0.3, -0.25) is 0 Å². The lowest BCUT2D eigenvalue weighted by atomic mass is 10.2. The topological polar surface area (TPSA) is 77.2 Å². The first-order valence-electron chi connectivity index (χ1n) is 4.27. The van der Waals surface area contributed by atoms with E-state index in [1.807, 2.05) is 0 Å². The Kier molecular flexibility index (Phi) is 3.76. The van der Waals surface area contributed by atoms with Crippen LogP contribution in [-0.2, 0) is 14.8 Å². The summed E-state index contributed by atoms with van der Waals surface area (Å²) in [7, 11) is -3.66. The molecule has 4 nitrogen and oxygen atoms in total. The molecule has 0 aliphatic carbocycles. The minimum absolute atomic E-state index is 0.0655. The number of aldehydes is 1. The fraction of sp³-hybridized carbons (Fsp3) is 0.100. The molecule has 0 spiro atoms. The van der Waals surface area contributed by atoms with Crippen molar-refractivity contribution in [2.45, 2.75) is 11.3 Å². The summed E-state index contributed by atoms with van der Waals surface area (Å²) in [6.45, 7) is 0. The lowest BCUT2D eigenvalue weighted by Gasteiger charge is -1.98. The molecule has 0 aliphatic heterocycles. The van der Waals surface area contributed by atoms with Gasteiger partial charge in [-0.05, 0) is 17.7 Å². The molecule has 0 aromatic heterocycles. The maximum absolute atomic E-state index is 11.0. The number of allylic oxidation sites excluding steroid dienone is 1. The van der Waals surface area contributed by atoms with Crippen LogP contribution in [0.15, 0.2) is 35.2 Å². The average Bonchev–Trinajstić information content (AvgIpc) is 2.17. The molecule has 80 valence electrons. The smallest absolute Gasteiger partial charge is 0.238 e. The Morgan fingerprint density at radius 3 is 2.67 bits per heavy atom. The van der Waals surface area contributed by atoms with Crippen molar-refractivity contribution in [1.82, 2.24) is 0 Å². The summed E-state index contributed by atoms with van der Waals surface area (Å²) < 4.78 is 22.0. The van der Waals surface area contributed by atoms with Crippen LogP contribution in [0, 0.1) is 0 Å². The number of carbonyl (C=O) groups is 1. The highest BCUT2D eigenvalue weighted by Gasteiger charge is 2.06. The van der Waals surface area contributed by atoms with Gasteiger partial charge in [0.2, 0.25) is 10.0 Å². The first-order valence-corrected chi connectivity index (χ1v) is 5.82. The van der Waals surface area contributed by atoms with Crippen molar-refractivity contribution in [2.24, 2.45) is 5.14 Å². The van der Waals surface area contributed by atoms with Gasteiger partial charge < -0.3 is 4.79 Å². The summed E-state index contributed by atoms with van der Waals surface area (Å²) in [4.78, 5) is 10.1. The number of primary sulfonamides is 1. The maximum Gasteiger partial charge on any atom is 0.238 e. The molecule has 5 heteroatoms. The van der Waals surface area contributed by atoms with E-state index in [2.05, 4.69) is 0 Å². The third kappa shape index (κ3) is 3.65. The van der Waals surface area contributed by atoms with Gasteiger partial charge in [0, 0.05) is 6.42 Å². The average molecular weight is 225 g/mol. The van der Waals surface area contributed by atoms with Crippen LogP contribution in [-0.4, -0.2) is 14.7 Å². The zero-order valence-electron chi connectivity index (χ0n) is 7.96. The highest BCUT2D eigenvalue weighted by atomic mass is 32.2. The quantitative estimate of drug-likeness (QED) is 0.774. The van der Waals surface area contributed by atoms with Crippen LogP contribution in [0.3, 0.4) is 0 Å². The second-order valence-electron chi connectivity index (χ2n) is 2.92. The maximum atomic E-state index is 11.0. The molecular formula is C10H11NO3S. The SMILES string of the molecule is NS(=O)(=O)c1cccc(C=CCC=O)c1. The Balaban J connectivity index is 2.98. The summed E-state index contributed by atoms with van der Waals surface area (Å²) in [5.74, 6) is 0. The minimum atomic E-state index is -3.66. The Bertz CT molecular complexity index is 477. The van der Waals surface area contributed by atoms with E-state index < -0.39 is 10.0 Å². The van der Waals surface area contributed by atoms with E-state index in [-0.39, 0.29) is 4.90 Å². The van der Waals surface area contributed by atoms with Crippen molar-refractivity contribution in [3.8, 4) is 0 Å². The Hall–Kier alpha value is -1.46. The van der Waals surface area contributed by atoms with Crippen LogP contribution in [0.5, 0.6) is 0 Å². The van der Waals surface area contributed by atoms with Crippen molar-refractivity contribution in [3.05, 3.63) is 35.9 Å². The molecule has 2 N–H and O–H groups in total. The number of nitrogens with two attached hydrogens (primary N) is 1. The molecule has 15 heavy (non-hydrogen) atoms. The largest absolute Gasteiger partial charge is 0.303 e. The number of hydrogen-bond acceptors (Lipinski definition) is 3. The first-order chi connectivity index (χ1) is 7.04. The molecule has 1 aromatic carbocycles. The zero-order chi connectivity index (χ0) is 11.3. The van der Waals surface area contributed by atoms with Gasteiger partial charge in [-0.15, -0.1) is 0 Å². The standard InChI is InChI=1S/C10H11NO3S/c11-15(13,14)10-6-3-5-9(8-10)4-1-2-7-12/h1,3-8H,2H2,(H2,11,13,14). The Labute approximate surface area is 88.5 Å². The molecule has 0 fully saturated rings. The highest BCUT2D eigenvalue weighted by Crippen LogP contribution is 2.11. The van der Waals surface area contributed by atoms with Crippen molar-refractivity contribution >= 4 is 22.4 Å². The van der Waals surface area contributed by atoms with Crippen LogP contribution < -0.4 is 5.14 Å². The molecule has 0 amide bonds. The minimum Gasteiger partial charge on any atom is -0.303 e. The Morgan fingerprint density at radius 2 is 2.07 bits per heavy atom. The first kappa shape index (κ1) is 11.6. The van der Waals surface area contributed by atoms with Crippen LogP contribution in [0.2, 0.25) is 0 Å². The van der Waals surface area contributed by atoms with Gasteiger partial charge in [-0.2, -0.15) is 0 Å². The monoisotopic (exact) mass is 225 g/mol. The third-order valence-electron chi connectivity index (χ3n) is 1.73. The Morgan fingerprint density at radius 1 is 1.33 bits per heavy atom. The number of rotatable bonds is 4. The third-order valence-corrected chi connectivity index (χ3v) is 2.64. The lowest BCUT2D eigenvalue weighted by molar-refractivity contribution is -0.107. The van der Waals surface area contributed by atoms with Gasteiger partial charge in [0.15, 0.2) is 0 Å². The normalized spacial score (nSPS) is 11.8. The zero-order valence-corrected chi connectivity index (χ0v) is 8.78. The number of carbonyl (C=O) groups excluding carboxylic acids is 1. The second-order valence-corrected chi connectivity index (χ2v) is 4.48. The van der Waals surface area contributed by atoms with Gasteiger partial charge in [0.05, 0.1) is 4.90 Å². The molecule has 0 aliphatic rings. The second kappa shape index (κ2) is 4.86. The number of sulfonamides is 1. The number of hydrogen-bond donors (Lipinski definition) is 1. The molecule has 0 saturated heterocycles. The van der Waals surface area contributed by atoms with Crippen LogP contribution in [0.1, 0.15) is 12.0 Å². The molecule has 1 rings (SSSR count). The van der Waals surface area contributed by atoms with Crippen molar-refractivity contribution < 1.29 is 13.2 Å². The van der Waals surface area contributed by atoms with Crippen molar-refractivity contribution in [2.75, 3.05) is 0 Å². The lowest BCUT2D eigenvalue weighted by Crippen LogP contribution is -2.11. The van der Waals surface area contributed by atoms with Gasteiger partial charge in [-0.25, -0.2) is 13.6 Å². The van der Waals surface area contributed by atoms with E-state index in [9.17, 15) is 13.2 Å². The predicted molar refractivity (Wildman–Crippen MR) is 57.5 cm³/mol. The van der Waals surface area contributed by atoms with Gasteiger partial charge >= 0.3 is 0 Å². The molecule has 0 unspecified atom stereocenters. The summed E-state index contributed by atoms with van der Waals surface area (Å²) in [5, 5.41) is 4.97. The molecule has 0 atom stereocenters. The predicted octanol–water partition coefficient (Wildman–Crippen LogP) is 0.936. The van der Waals surface area contributed by atoms with E-state index in [0.29, 0.717) is 12.0 Å². The molecule has 1 aromatic rings. The van der Waals surface area contributed by atoms with E-state index in [4.69, 9.17) is 5.14 Å². The van der Waals surface area contributed by atoms with E-state index in [1.54, 1.807) is 24.3 Å². The van der Waals surface area contributed by atoms with Crippen LogP contribution in [0.25, 0.3) is 6.08 Å². The summed E-state index contributed by atoms with van der Waals surface area (Å²) in [6.07, 6.45) is 4.39. The molecular weight excluding hydrogens is 214 g/mol. The highest BCUT2D eigenvalue weighted by molar-refractivity contribution is 7.89.